The number of amides is 2. The number of benzene rings is 2. The van der Waals surface area contributed by atoms with Gasteiger partial charge in [0.15, 0.2) is 0 Å². The average molecular weight is 404 g/mol. The highest BCUT2D eigenvalue weighted by Crippen LogP contribution is 2.29. The van der Waals surface area contributed by atoms with E-state index in [2.05, 4.69) is 15.5 Å². The van der Waals surface area contributed by atoms with Crippen molar-refractivity contribution in [2.24, 2.45) is 0 Å². The Labute approximate surface area is 175 Å². The number of nitrogens with zero attached hydrogens (tertiary/aromatic N) is 3. The van der Waals surface area contributed by atoms with Crippen LogP contribution in [0.3, 0.4) is 0 Å². The van der Waals surface area contributed by atoms with E-state index in [0.717, 1.165) is 36.1 Å². The van der Waals surface area contributed by atoms with E-state index < -0.39 is 0 Å². The third-order valence-corrected chi connectivity index (χ3v) is 5.34. The van der Waals surface area contributed by atoms with Gasteiger partial charge in [-0.25, -0.2) is 0 Å². The second-order valence-corrected chi connectivity index (χ2v) is 7.62. The van der Waals surface area contributed by atoms with Crippen LogP contribution in [0.4, 0.5) is 5.69 Å². The van der Waals surface area contributed by atoms with Gasteiger partial charge in [0.05, 0.1) is 5.92 Å². The van der Waals surface area contributed by atoms with E-state index in [4.69, 9.17) is 4.52 Å². The zero-order chi connectivity index (χ0) is 21.1. The van der Waals surface area contributed by atoms with Gasteiger partial charge in [-0.3, -0.25) is 9.59 Å². The second-order valence-electron chi connectivity index (χ2n) is 7.62. The van der Waals surface area contributed by atoms with E-state index in [0.29, 0.717) is 23.9 Å². The van der Waals surface area contributed by atoms with Crippen LogP contribution in [0.15, 0.2) is 53.1 Å². The Balaban J connectivity index is 1.47. The summed E-state index contributed by atoms with van der Waals surface area (Å²) >= 11 is 0. The molecular formula is C23H24N4O3. The first-order valence-corrected chi connectivity index (χ1v) is 10.1. The van der Waals surface area contributed by atoms with Crippen molar-refractivity contribution < 1.29 is 14.1 Å². The summed E-state index contributed by atoms with van der Waals surface area (Å²) < 4.78 is 5.54. The topological polar surface area (TPSA) is 88.3 Å². The molecule has 2 aromatic carbocycles. The summed E-state index contributed by atoms with van der Waals surface area (Å²) in [5, 5.41) is 6.85. The molecule has 0 aliphatic carbocycles. The maximum absolute atomic E-state index is 13.0. The van der Waals surface area contributed by atoms with Gasteiger partial charge >= 0.3 is 0 Å². The van der Waals surface area contributed by atoms with Gasteiger partial charge in [0, 0.05) is 36.8 Å². The Bertz CT molecular complexity index is 1060. The van der Waals surface area contributed by atoms with Crippen molar-refractivity contribution in [2.75, 3.05) is 18.4 Å². The van der Waals surface area contributed by atoms with Crippen LogP contribution in [-0.2, 0) is 4.79 Å². The lowest BCUT2D eigenvalue weighted by molar-refractivity contribution is -0.114. The summed E-state index contributed by atoms with van der Waals surface area (Å²) in [7, 11) is 0. The molecule has 30 heavy (non-hydrogen) atoms. The average Bonchev–Trinajstić information content (AvgIpc) is 3.24. The highest BCUT2D eigenvalue weighted by molar-refractivity contribution is 5.95. The fourth-order valence-corrected chi connectivity index (χ4v) is 3.77. The Morgan fingerprint density at radius 3 is 2.63 bits per heavy atom. The Kier molecular flexibility index (Phi) is 5.61. The van der Waals surface area contributed by atoms with Crippen LogP contribution in [0.25, 0.3) is 11.4 Å². The highest BCUT2D eigenvalue weighted by Gasteiger charge is 2.29. The van der Waals surface area contributed by atoms with E-state index in [1.54, 1.807) is 12.1 Å². The maximum atomic E-state index is 13.0. The van der Waals surface area contributed by atoms with Gasteiger partial charge in [0.2, 0.25) is 17.6 Å². The molecule has 1 fully saturated rings. The normalized spacial score (nSPS) is 16.3. The first-order chi connectivity index (χ1) is 14.5. The molecule has 0 bridgehead atoms. The van der Waals surface area contributed by atoms with Crippen LogP contribution in [0.5, 0.6) is 0 Å². The van der Waals surface area contributed by atoms with E-state index in [1.165, 1.54) is 6.92 Å². The molecule has 1 aliphatic rings. The van der Waals surface area contributed by atoms with E-state index >= 15 is 0 Å². The molecule has 0 spiro atoms. The number of carbonyl (C=O) groups excluding carboxylic acids is 2. The molecule has 7 nitrogen and oxygen atoms in total. The number of likely N-dealkylation sites (tertiary alicyclic amines) is 1. The van der Waals surface area contributed by atoms with E-state index in [1.807, 2.05) is 48.2 Å². The van der Waals surface area contributed by atoms with Crippen LogP contribution in [0.1, 0.15) is 47.5 Å². The summed E-state index contributed by atoms with van der Waals surface area (Å²) in [4.78, 5) is 30.6. The van der Waals surface area contributed by atoms with Crippen LogP contribution in [0.2, 0.25) is 0 Å². The first kappa shape index (κ1) is 19.8. The number of anilines is 1. The van der Waals surface area contributed by atoms with E-state index in [9.17, 15) is 9.59 Å². The van der Waals surface area contributed by atoms with Crippen molar-refractivity contribution in [3.05, 3.63) is 65.5 Å². The molecule has 154 valence electrons. The second kappa shape index (κ2) is 8.49. The molecule has 4 rings (SSSR count). The predicted octanol–water partition coefficient (Wildman–Crippen LogP) is 4.02. The molecule has 2 amide bonds. The molecule has 0 radical (unpaired) electrons. The van der Waals surface area contributed by atoms with Gasteiger partial charge in [0.25, 0.3) is 5.91 Å². The SMILES string of the molecule is CC(=O)Nc1ccc(-c2noc([C@H]3CCCN(C(=O)c4ccccc4C)C3)n2)cc1. The number of nitrogens with one attached hydrogen (secondary N) is 1. The first-order valence-electron chi connectivity index (χ1n) is 10.1. The number of aryl methyl sites for hydroxylation is 1. The third kappa shape index (κ3) is 4.25. The van der Waals surface area contributed by atoms with Crippen LogP contribution < -0.4 is 5.32 Å². The summed E-state index contributed by atoms with van der Waals surface area (Å²) in [6, 6.07) is 14.9. The lowest BCUT2D eigenvalue weighted by Crippen LogP contribution is -2.39. The zero-order valence-corrected chi connectivity index (χ0v) is 17.1. The minimum absolute atomic E-state index is 0.0200. The molecule has 1 atom stereocenters. The lowest BCUT2D eigenvalue weighted by atomic mass is 9.96. The number of aromatic nitrogens is 2. The van der Waals surface area contributed by atoms with Gasteiger partial charge in [-0.1, -0.05) is 23.4 Å². The van der Waals surface area contributed by atoms with Crippen molar-refractivity contribution in [3.8, 4) is 11.4 Å². The van der Waals surface area contributed by atoms with Crippen molar-refractivity contribution in [1.82, 2.24) is 15.0 Å². The molecule has 2 heterocycles. The van der Waals surface area contributed by atoms with Gasteiger partial charge in [-0.2, -0.15) is 4.98 Å². The minimum Gasteiger partial charge on any atom is -0.339 e. The largest absolute Gasteiger partial charge is 0.339 e. The van der Waals surface area contributed by atoms with E-state index in [-0.39, 0.29) is 17.7 Å². The fourth-order valence-electron chi connectivity index (χ4n) is 3.77. The number of piperidine rings is 1. The Morgan fingerprint density at radius 2 is 1.90 bits per heavy atom. The summed E-state index contributed by atoms with van der Waals surface area (Å²) in [6.45, 7) is 4.72. The van der Waals surface area contributed by atoms with Crippen molar-refractivity contribution in [1.29, 1.82) is 0 Å². The number of carbonyl (C=O) groups is 2. The van der Waals surface area contributed by atoms with Crippen molar-refractivity contribution in [3.63, 3.8) is 0 Å². The van der Waals surface area contributed by atoms with Crippen molar-refractivity contribution in [2.45, 2.75) is 32.6 Å². The molecule has 0 saturated carbocycles. The van der Waals surface area contributed by atoms with Gasteiger partial charge < -0.3 is 14.7 Å². The molecule has 1 N–H and O–H groups in total. The molecule has 0 unspecified atom stereocenters. The van der Waals surface area contributed by atoms with Crippen LogP contribution in [-0.4, -0.2) is 39.9 Å². The van der Waals surface area contributed by atoms with Gasteiger partial charge in [-0.15, -0.1) is 0 Å². The Hall–Kier alpha value is -3.48. The molecular weight excluding hydrogens is 380 g/mol. The molecule has 3 aromatic rings. The predicted molar refractivity (Wildman–Crippen MR) is 113 cm³/mol. The molecule has 7 heteroatoms. The maximum Gasteiger partial charge on any atom is 0.254 e. The summed E-state index contributed by atoms with van der Waals surface area (Å²) in [5.74, 6) is 1.00. The zero-order valence-electron chi connectivity index (χ0n) is 17.1. The number of rotatable bonds is 4. The van der Waals surface area contributed by atoms with Gasteiger partial charge in [0.1, 0.15) is 0 Å². The van der Waals surface area contributed by atoms with Crippen LogP contribution in [0, 0.1) is 6.92 Å². The number of hydrogen-bond acceptors (Lipinski definition) is 5. The summed E-state index contributed by atoms with van der Waals surface area (Å²) in [5.41, 5.74) is 3.24. The standard InChI is InChI=1S/C23H24N4O3/c1-15-6-3-4-8-20(15)23(29)27-13-5-7-18(14-27)22-25-21(26-30-22)17-9-11-19(12-10-17)24-16(2)28/h3-4,6,8-12,18H,5,7,13-14H2,1-2H3,(H,24,28)/t18-/m0/s1. The Morgan fingerprint density at radius 1 is 1.13 bits per heavy atom. The van der Waals surface area contributed by atoms with Gasteiger partial charge in [-0.05, 0) is 55.7 Å². The third-order valence-electron chi connectivity index (χ3n) is 5.34. The molecule has 1 aliphatic heterocycles. The monoisotopic (exact) mass is 404 g/mol. The molecule has 1 aromatic heterocycles. The molecule has 1 saturated heterocycles. The smallest absolute Gasteiger partial charge is 0.254 e. The lowest BCUT2D eigenvalue weighted by Gasteiger charge is -2.31. The van der Waals surface area contributed by atoms with Crippen molar-refractivity contribution >= 4 is 17.5 Å². The minimum atomic E-state index is -0.119. The highest BCUT2D eigenvalue weighted by atomic mass is 16.5. The van der Waals surface area contributed by atoms with Crippen LogP contribution >= 0.6 is 0 Å². The summed E-state index contributed by atoms with van der Waals surface area (Å²) in [6.07, 6.45) is 1.80. The quantitative estimate of drug-likeness (QED) is 0.709. The number of hydrogen-bond donors (Lipinski definition) is 1. The fraction of sp³-hybridized carbons (Fsp3) is 0.304.